The summed E-state index contributed by atoms with van der Waals surface area (Å²) in [6.07, 6.45) is 6.42. The van der Waals surface area contributed by atoms with Crippen molar-refractivity contribution < 1.29 is 9.59 Å². The van der Waals surface area contributed by atoms with Gasteiger partial charge < -0.3 is 5.32 Å². The van der Waals surface area contributed by atoms with Gasteiger partial charge in [-0.2, -0.15) is 0 Å². The van der Waals surface area contributed by atoms with Gasteiger partial charge in [-0.3, -0.25) is 9.59 Å². The van der Waals surface area contributed by atoms with Gasteiger partial charge in [-0.05, 0) is 24.0 Å². The summed E-state index contributed by atoms with van der Waals surface area (Å²) >= 11 is 0. The molecule has 1 N–H and O–H groups in total. The SMILES string of the molecule is CC(C)CCCCCCC(=O)NCc1cccc(C(=O)C(C)C)c1. The molecule has 0 spiro atoms. The first kappa shape index (κ1) is 20.4. The van der Waals surface area contributed by atoms with Gasteiger partial charge in [0.1, 0.15) is 0 Å². The minimum absolute atomic E-state index is 0.00876. The molecule has 1 aromatic carbocycles. The summed E-state index contributed by atoms with van der Waals surface area (Å²) in [4.78, 5) is 23.9. The fourth-order valence-electron chi connectivity index (χ4n) is 2.65. The number of unbranched alkanes of at least 4 members (excludes halogenated alkanes) is 3. The molecule has 3 nitrogen and oxygen atoms in total. The number of carbonyl (C=O) groups is 2. The fraction of sp³-hybridized carbons (Fsp3) is 0.619. The lowest BCUT2D eigenvalue weighted by Crippen LogP contribution is -2.22. The lowest BCUT2D eigenvalue weighted by Gasteiger charge is -2.09. The molecule has 3 heteroatoms. The van der Waals surface area contributed by atoms with Crippen LogP contribution in [0.15, 0.2) is 24.3 Å². The van der Waals surface area contributed by atoms with Crippen molar-refractivity contribution in [1.82, 2.24) is 5.32 Å². The van der Waals surface area contributed by atoms with Crippen LogP contribution in [0.25, 0.3) is 0 Å². The zero-order chi connectivity index (χ0) is 17.9. The number of amides is 1. The molecule has 0 unspecified atom stereocenters. The highest BCUT2D eigenvalue weighted by molar-refractivity contribution is 5.97. The summed E-state index contributed by atoms with van der Waals surface area (Å²) < 4.78 is 0. The van der Waals surface area contributed by atoms with Gasteiger partial charge in [0, 0.05) is 24.4 Å². The van der Waals surface area contributed by atoms with Crippen LogP contribution in [0.3, 0.4) is 0 Å². The average Bonchev–Trinajstić information content (AvgIpc) is 2.55. The molecule has 0 radical (unpaired) electrons. The van der Waals surface area contributed by atoms with E-state index in [2.05, 4.69) is 19.2 Å². The Morgan fingerprint density at radius 1 is 1.00 bits per heavy atom. The molecule has 0 aliphatic rings. The Morgan fingerprint density at radius 2 is 1.71 bits per heavy atom. The summed E-state index contributed by atoms with van der Waals surface area (Å²) in [6.45, 7) is 8.79. The molecule has 0 fully saturated rings. The van der Waals surface area contributed by atoms with E-state index in [0.29, 0.717) is 13.0 Å². The standard InChI is InChI=1S/C21H33NO2/c1-16(2)10-7-5-6-8-13-20(23)22-15-18-11-9-12-19(14-18)21(24)17(3)4/h9,11-12,14,16-17H,5-8,10,13,15H2,1-4H3,(H,22,23). The fourth-order valence-corrected chi connectivity index (χ4v) is 2.65. The van der Waals surface area contributed by atoms with E-state index in [0.717, 1.165) is 29.9 Å². The van der Waals surface area contributed by atoms with Crippen molar-refractivity contribution in [3.8, 4) is 0 Å². The predicted octanol–water partition coefficient (Wildman–Crippen LogP) is 5.14. The zero-order valence-electron chi connectivity index (χ0n) is 15.7. The summed E-state index contributed by atoms with van der Waals surface area (Å²) in [5.41, 5.74) is 1.70. The number of carbonyl (C=O) groups excluding carboxylic acids is 2. The van der Waals surface area contributed by atoms with E-state index in [1.54, 1.807) is 0 Å². The van der Waals surface area contributed by atoms with Crippen LogP contribution in [-0.4, -0.2) is 11.7 Å². The van der Waals surface area contributed by atoms with Crippen molar-refractivity contribution in [1.29, 1.82) is 0 Å². The van der Waals surface area contributed by atoms with Crippen molar-refractivity contribution in [2.45, 2.75) is 72.8 Å². The van der Waals surface area contributed by atoms with Crippen molar-refractivity contribution in [2.75, 3.05) is 0 Å². The second kappa shape index (κ2) is 11.0. The van der Waals surface area contributed by atoms with E-state index in [4.69, 9.17) is 0 Å². The third-order valence-electron chi connectivity index (χ3n) is 4.16. The first-order valence-electron chi connectivity index (χ1n) is 9.30. The third-order valence-corrected chi connectivity index (χ3v) is 4.16. The maximum Gasteiger partial charge on any atom is 0.220 e. The molecule has 0 aromatic heterocycles. The maximum absolute atomic E-state index is 12.0. The molecular formula is C21H33NO2. The molecule has 134 valence electrons. The number of hydrogen-bond acceptors (Lipinski definition) is 2. The van der Waals surface area contributed by atoms with Gasteiger partial charge in [-0.25, -0.2) is 0 Å². The van der Waals surface area contributed by atoms with Crippen molar-refractivity contribution in [3.63, 3.8) is 0 Å². The Bertz CT molecular complexity index is 520. The molecule has 0 aliphatic heterocycles. The topological polar surface area (TPSA) is 46.2 Å². The zero-order valence-corrected chi connectivity index (χ0v) is 15.7. The van der Waals surface area contributed by atoms with E-state index >= 15 is 0 Å². The lowest BCUT2D eigenvalue weighted by atomic mass is 9.99. The summed E-state index contributed by atoms with van der Waals surface area (Å²) in [7, 11) is 0. The molecule has 1 rings (SSSR count). The van der Waals surface area contributed by atoms with E-state index in [9.17, 15) is 9.59 Å². The van der Waals surface area contributed by atoms with Crippen LogP contribution in [0, 0.1) is 11.8 Å². The molecule has 1 amide bonds. The third kappa shape index (κ3) is 8.28. The van der Waals surface area contributed by atoms with E-state index in [1.807, 2.05) is 38.1 Å². The van der Waals surface area contributed by atoms with Gasteiger partial charge in [0.25, 0.3) is 0 Å². The Hall–Kier alpha value is -1.64. The molecule has 0 heterocycles. The lowest BCUT2D eigenvalue weighted by molar-refractivity contribution is -0.121. The summed E-state index contributed by atoms with van der Waals surface area (Å²) in [5, 5.41) is 2.95. The normalized spacial score (nSPS) is 11.1. The largest absolute Gasteiger partial charge is 0.352 e. The van der Waals surface area contributed by atoms with Gasteiger partial charge in [0.15, 0.2) is 5.78 Å². The predicted molar refractivity (Wildman–Crippen MR) is 100.0 cm³/mol. The summed E-state index contributed by atoms with van der Waals surface area (Å²) in [6, 6.07) is 7.55. The Labute approximate surface area is 147 Å². The number of hydrogen-bond donors (Lipinski definition) is 1. The second-order valence-electron chi connectivity index (χ2n) is 7.34. The van der Waals surface area contributed by atoms with Gasteiger partial charge in [-0.15, -0.1) is 0 Å². The highest BCUT2D eigenvalue weighted by Gasteiger charge is 2.10. The summed E-state index contributed by atoms with van der Waals surface area (Å²) in [5.74, 6) is 1.00. The molecule has 1 aromatic rings. The minimum atomic E-state index is -0.00876. The van der Waals surface area contributed by atoms with E-state index in [-0.39, 0.29) is 17.6 Å². The highest BCUT2D eigenvalue weighted by atomic mass is 16.1. The molecule has 0 saturated heterocycles. The molecule has 0 atom stereocenters. The van der Waals surface area contributed by atoms with Crippen LogP contribution >= 0.6 is 0 Å². The quantitative estimate of drug-likeness (QED) is 0.451. The van der Waals surface area contributed by atoms with Crippen molar-refractivity contribution >= 4 is 11.7 Å². The van der Waals surface area contributed by atoms with Gasteiger partial charge in [-0.1, -0.05) is 71.6 Å². The second-order valence-corrected chi connectivity index (χ2v) is 7.34. The number of Topliss-reactive ketones (excluding diaryl/α,β-unsaturated/α-hetero) is 1. The smallest absolute Gasteiger partial charge is 0.220 e. The van der Waals surface area contributed by atoms with Crippen LogP contribution in [0.2, 0.25) is 0 Å². The molecule has 0 saturated carbocycles. The molecule has 24 heavy (non-hydrogen) atoms. The van der Waals surface area contributed by atoms with E-state index in [1.165, 1.54) is 19.3 Å². The number of rotatable bonds is 11. The first-order valence-corrected chi connectivity index (χ1v) is 9.30. The van der Waals surface area contributed by atoms with Crippen LogP contribution in [0.5, 0.6) is 0 Å². The van der Waals surface area contributed by atoms with Gasteiger partial charge in [0.2, 0.25) is 5.91 Å². The molecular weight excluding hydrogens is 298 g/mol. The van der Waals surface area contributed by atoms with Crippen molar-refractivity contribution in [3.05, 3.63) is 35.4 Å². The van der Waals surface area contributed by atoms with Crippen molar-refractivity contribution in [2.24, 2.45) is 11.8 Å². The maximum atomic E-state index is 12.0. The highest BCUT2D eigenvalue weighted by Crippen LogP contribution is 2.12. The Balaban J connectivity index is 2.27. The Kier molecular flexibility index (Phi) is 9.36. The van der Waals surface area contributed by atoms with Crippen LogP contribution in [-0.2, 0) is 11.3 Å². The average molecular weight is 332 g/mol. The van der Waals surface area contributed by atoms with Gasteiger partial charge in [0.05, 0.1) is 0 Å². The number of benzene rings is 1. The van der Waals surface area contributed by atoms with Crippen LogP contribution in [0.1, 0.15) is 82.1 Å². The Morgan fingerprint density at radius 3 is 2.38 bits per heavy atom. The first-order chi connectivity index (χ1) is 11.4. The number of nitrogens with one attached hydrogen (secondary N) is 1. The molecule has 0 aliphatic carbocycles. The van der Waals surface area contributed by atoms with Crippen LogP contribution < -0.4 is 5.32 Å². The molecule has 0 bridgehead atoms. The van der Waals surface area contributed by atoms with E-state index < -0.39 is 0 Å². The monoisotopic (exact) mass is 331 g/mol. The number of ketones is 1. The van der Waals surface area contributed by atoms with Crippen LogP contribution in [0.4, 0.5) is 0 Å². The van der Waals surface area contributed by atoms with Gasteiger partial charge >= 0.3 is 0 Å². The minimum Gasteiger partial charge on any atom is -0.352 e.